The number of esters is 1. The van der Waals surface area contributed by atoms with Crippen LogP contribution in [-0.4, -0.2) is 27.7 Å². The molecule has 14 heavy (non-hydrogen) atoms. The summed E-state index contributed by atoms with van der Waals surface area (Å²) in [6.07, 6.45) is 0.357. The summed E-state index contributed by atoms with van der Waals surface area (Å²) in [5.74, 6) is -0.491. The van der Waals surface area contributed by atoms with E-state index in [0.717, 1.165) is 0 Å². The van der Waals surface area contributed by atoms with E-state index in [0.29, 0.717) is 5.69 Å². The Hall–Kier alpha value is -1.07. The summed E-state index contributed by atoms with van der Waals surface area (Å²) >= 11 is 5.72. The largest absolute Gasteiger partial charge is 0.469 e. The van der Waals surface area contributed by atoms with Crippen LogP contribution in [0.4, 0.5) is 0 Å². The van der Waals surface area contributed by atoms with E-state index >= 15 is 0 Å². The molecule has 1 heterocycles. The second kappa shape index (κ2) is 4.43. The van der Waals surface area contributed by atoms with E-state index in [2.05, 4.69) is 9.72 Å². The van der Waals surface area contributed by atoms with Gasteiger partial charge in [0.1, 0.15) is 6.10 Å². The molecule has 0 saturated carbocycles. The molecule has 1 rings (SSSR count). The summed E-state index contributed by atoms with van der Waals surface area (Å²) in [6, 6.07) is 0. The Morgan fingerprint density at radius 1 is 1.86 bits per heavy atom. The molecule has 6 heteroatoms. The number of aliphatic hydroxyl groups is 1. The number of halogens is 1. The van der Waals surface area contributed by atoms with Crippen LogP contribution in [0.15, 0.2) is 6.33 Å². The van der Waals surface area contributed by atoms with Gasteiger partial charge in [-0.2, -0.15) is 0 Å². The molecule has 0 bridgehead atoms. The molecule has 0 amide bonds. The Labute approximate surface area is 86.3 Å². The van der Waals surface area contributed by atoms with Gasteiger partial charge in [0.15, 0.2) is 5.15 Å². The minimum atomic E-state index is -0.984. The summed E-state index contributed by atoms with van der Waals surface area (Å²) in [5, 5.41) is 9.82. The number of ether oxygens (including phenoxy) is 1. The summed E-state index contributed by atoms with van der Waals surface area (Å²) in [7, 11) is 2.95. The van der Waals surface area contributed by atoms with Crippen molar-refractivity contribution in [3.05, 3.63) is 17.2 Å². The number of aliphatic hydroxyl groups excluding tert-OH is 1. The van der Waals surface area contributed by atoms with E-state index in [9.17, 15) is 9.90 Å². The second-order valence-electron chi connectivity index (χ2n) is 2.83. The van der Waals surface area contributed by atoms with Gasteiger partial charge in [0, 0.05) is 7.05 Å². The SMILES string of the molecule is COC(=O)CC(O)c1c(Cl)ncn1C. The van der Waals surface area contributed by atoms with E-state index in [1.54, 1.807) is 11.6 Å². The summed E-state index contributed by atoms with van der Waals surface area (Å²) in [4.78, 5) is 14.7. The summed E-state index contributed by atoms with van der Waals surface area (Å²) in [5.41, 5.74) is 0.414. The number of aryl methyl sites for hydroxylation is 1. The van der Waals surface area contributed by atoms with Gasteiger partial charge in [-0.25, -0.2) is 4.98 Å². The molecule has 1 aromatic rings. The molecule has 0 aliphatic heterocycles. The molecule has 1 atom stereocenters. The van der Waals surface area contributed by atoms with Crippen molar-refractivity contribution in [2.75, 3.05) is 7.11 Å². The minimum absolute atomic E-state index is 0.129. The summed E-state index contributed by atoms with van der Waals surface area (Å²) < 4.78 is 5.99. The van der Waals surface area contributed by atoms with Crippen LogP contribution in [-0.2, 0) is 16.6 Å². The maximum Gasteiger partial charge on any atom is 0.308 e. The topological polar surface area (TPSA) is 64.3 Å². The highest BCUT2D eigenvalue weighted by Gasteiger charge is 2.19. The van der Waals surface area contributed by atoms with Gasteiger partial charge in [-0.15, -0.1) is 0 Å². The molecule has 0 aliphatic rings. The van der Waals surface area contributed by atoms with E-state index in [4.69, 9.17) is 11.6 Å². The van der Waals surface area contributed by atoms with Gasteiger partial charge >= 0.3 is 5.97 Å². The highest BCUT2D eigenvalue weighted by atomic mass is 35.5. The number of nitrogens with zero attached hydrogens (tertiary/aromatic N) is 2. The Kier molecular flexibility index (Phi) is 3.49. The predicted octanol–water partition coefficient (Wildman–Crippen LogP) is 0.670. The van der Waals surface area contributed by atoms with Crippen LogP contribution in [0.1, 0.15) is 18.2 Å². The predicted molar refractivity (Wildman–Crippen MR) is 49.8 cm³/mol. The minimum Gasteiger partial charge on any atom is -0.469 e. The quantitative estimate of drug-likeness (QED) is 0.758. The summed E-state index contributed by atoms with van der Waals surface area (Å²) in [6.45, 7) is 0. The molecule has 78 valence electrons. The number of hydrogen-bond donors (Lipinski definition) is 1. The van der Waals surface area contributed by atoms with Crippen LogP contribution in [0.25, 0.3) is 0 Å². The molecule has 0 saturated heterocycles. The molecule has 0 fully saturated rings. The third-order valence-electron chi connectivity index (χ3n) is 1.84. The van der Waals surface area contributed by atoms with Crippen LogP contribution >= 0.6 is 11.6 Å². The van der Waals surface area contributed by atoms with Crippen molar-refractivity contribution in [2.24, 2.45) is 7.05 Å². The van der Waals surface area contributed by atoms with Gasteiger partial charge in [0.25, 0.3) is 0 Å². The first-order valence-electron chi connectivity index (χ1n) is 3.97. The van der Waals surface area contributed by atoms with E-state index < -0.39 is 12.1 Å². The zero-order chi connectivity index (χ0) is 10.7. The standard InChI is InChI=1S/C8H11ClN2O3/c1-11-4-10-8(9)7(11)5(12)3-6(13)14-2/h4-5,12H,3H2,1-2H3. The van der Waals surface area contributed by atoms with Crippen molar-refractivity contribution >= 4 is 17.6 Å². The average molecular weight is 219 g/mol. The Bertz CT molecular complexity index is 318. The number of methoxy groups -OCH3 is 1. The number of hydrogen-bond acceptors (Lipinski definition) is 4. The van der Waals surface area contributed by atoms with Gasteiger partial charge in [-0.3, -0.25) is 4.79 Å². The monoisotopic (exact) mass is 218 g/mol. The van der Waals surface area contributed by atoms with Crippen molar-refractivity contribution in [3.8, 4) is 0 Å². The first-order valence-corrected chi connectivity index (χ1v) is 4.35. The Balaban J connectivity index is 2.78. The van der Waals surface area contributed by atoms with Gasteiger partial charge in [0.05, 0.1) is 25.6 Å². The van der Waals surface area contributed by atoms with Crippen molar-refractivity contribution in [2.45, 2.75) is 12.5 Å². The van der Waals surface area contributed by atoms with Gasteiger partial charge in [-0.05, 0) is 0 Å². The lowest BCUT2D eigenvalue weighted by Crippen LogP contribution is -2.11. The van der Waals surface area contributed by atoms with Gasteiger partial charge in [-0.1, -0.05) is 11.6 Å². The van der Waals surface area contributed by atoms with Crippen molar-refractivity contribution in [1.82, 2.24) is 9.55 Å². The molecule has 1 unspecified atom stereocenters. The Morgan fingerprint density at radius 3 is 2.93 bits per heavy atom. The molecular formula is C8H11ClN2O3. The fraction of sp³-hybridized carbons (Fsp3) is 0.500. The number of rotatable bonds is 3. The number of imidazole rings is 1. The number of carbonyl (C=O) groups excluding carboxylic acids is 1. The van der Waals surface area contributed by atoms with Gasteiger partial charge < -0.3 is 14.4 Å². The van der Waals surface area contributed by atoms with E-state index in [1.807, 2.05) is 0 Å². The highest BCUT2D eigenvalue weighted by molar-refractivity contribution is 6.30. The third kappa shape index (κ3) is 2.24. The normalized spacial score (nSPS) is 12.6. The van der Waals surface area contributed by atoms with Crippen molar-refractivity contribution < 1.29 is 14.6 Å². The average Bonchev–Trinajstić information content (AvgIpc) is 2.46. The van der Waals surface area contributed by atoms with Crippen LogP contribution < -0.4 is 0 Å². The van der Waals surface area contributed by atoms with Crippen molar-refractivity contribution in [1.29, 1.82) is 0 Å². The van der Waals surface area contributed by atoms with Crippen LogP contribution in [0.3, 0.4) is 0 Å². The van der Waals surface area contributed by atoms with Crippen LogP contribution in [0.5, 0.6) is 0 Å². The lowest BCUT2D eigenvalue weighted by molar-refractivity contribution is -0.143. The van der Waals surface area contributed by atoms with Crippen LogP contribution in [0, 0.1) is 0 Å². The zero-order valence-corrected chi connectivity index (χ0v) is 8.65. The molecule has 0 spiro atoms. The molecule has 1 N–H and O–H groups in total. The first-order chi connectivity index (χ1) is 6.56. The molecule has 5 nitrogen and oxygen atoms in total. The van der Waals surface area contributed by atoms with E-state index in [1.165, 1.54) is 13.4 Å². The highest BCUT2D eigenvalue weighted by Crippen LogP contribution is 2.23. The second-order valence-corrected chi connectivity index (χ2v) is 3.19. The molecular weight excluding hydrogens is 208 g/mol. The maximum atomic E-state index is 10.9. The lowest BCUT2D eigenvalue weighted by Gasteiger charge is -2.10. The smallest absolute Gasteiger partial charge is 0.308 e. The molecule has 0 aromatic carbocycles. The molecule has 0 radical (unpaired) electrons. The fourth-order valence-electron chi connectivity index (χ4n) is 1.12. The third-order valence-corrected chi connectivity index (χ3v) is 2.13. The fourth-order valence-corrected chi connectivity index (χ4v) is 1.42. The maximum absolute atomic E-state index is 10.9. The van der Waals surface area contributed by atoms with E-state index in [-0.39, 0.29) is 11.6 Å². The Morgan fingerprint density at radius 2 is 2.50 bits per heavy atom. The van der Waals surface area contributed by atoms with Gasteiger partial charge in [0.2, 0.25) is 0 Å². The first kappa shape index (κ1) is 11.0. The molecule has 1 aromatic heterocycles. The van der Waals surface area contributed by atoms with Crippen LogP contribution in [0.2, 0.25) is 5.15 Å². The number of aromatic nitrogens is 2. The number of carbonyl (C=O) groups is 1. The molecule has 0 aliphatic carbocycles. The zero-order valence-electron chi connectivity index (χ0n) is 7.90. The van der Waals surface area contributed by atoms with Crippen molar-refractivity contribution in [3.63, 3.8) is 0 Å². The lowest BCUT2D eigenvalue weighted by atomic mass is 10.2.